The van der Waals surface area contributed by atoms with Crippen molar-refractivity contribution >= 4 is 17.5 Å². The Hall–Kier alpha value is -3.20. The van der Waals surface area contributed by atoms with Gasteiger partial charge in [-0.3, -0.25) is 5.32 Å². The summed E-state index contributed by atoms with van der Waals surface area (Å²) in [6, 6.07) is 8.83. The fourth-order valence-electron chi connectivity index (χ4n) is 2.00. The number of carboxylic acid groups (broad SMARTS) is 1. The van der Waals surface area contributed by atoms with E-state index in [1.807, 2.05) is 20.8 Å². The van der Waals surface area contributed by atoms with Crippen molar-refractivity contribution in [2.24, 2.45) is 0 Å². The Balaban J connectivity index is 2.46. The zero-order valence-electron chi connectivity index (χ0n) is 14.2. The molecular weight excluding hydrogens is 323 g/mol. The molecular formula is C19H19FN2O3. The van der Waals surface area contributed by atoms with Gasteiger partial charge in [0, 0.05) is 11.6 Å². The third kappa shape index (κ3) is 5.43. The summed E-state index contributed by atoms with van der Waals surface area (Å²) in [5.74, 6) is 5.92. The number of benzene rings is 2. The average Bonchev–Trinajstić information content (AvgIpc) is 2.48. The molecule has 5 nitrogen and oxygen atoms in total. The van der Waals surface area contributed by atoms with E-state index >= 15 is 0 Å². The van der Waals surface area contributed by atoms with E-state index in [1.54, 1.807) is 18.2 Å². The minimum Gasteiger partial charge on any atom is -0.487 e. The van der Waals surface area contributed by atoms with Crippen LogP contribution in [-0.4, -0.2) is 16.8 Å². The highest BCUT2D eigenvalue weighted by Gasteiger charge is 2.17. The second-order valence-corrected chi connectivity index (χ2v) is 6.34. The first-order valence-electron chi connectivity index (χ1n) is 7.54. The van der Waals surface area contributed by atoms with Crippen LogP contribution >= 0.6 is 0 Å². The molecule has 2 rings (SSSR count). The van der Waals surface area contributed by atoms with Crippen molar-refractivity contribution < 1.29 is 19.0 Å². The van der Waals surface area contributed by atoms with Crippen LogP contribution in [0.5, 0.6) is 5.75 Å². The number of nitrogens with one attached hydrogen (secondary N) is 1. The molecule has 0 saturated heterocycles. The van der Waals surface area contributed by atoms with Crippen LogP contribution in [0.15, 0.2) is 36.4 Å². The Morgan fingerprint density at radius 3 is 2.40 bits per heavy atom. The van der Waals surface area contributed by atoms with Gasteiger partial charge in [-0.2, -0.15) is 0 Å². The van der Waals surface area contributed by atoms with E-state index in [-0.39, 0.29) is 17.2 Å². The zero-order valence-corrected chi connectivity index (χ0v) is 14.2. The van der Waals surface area contributed by atoms with E-state index in [1.165, 1.54) is 18.2 Å². The maximum Gasteiger partial charge on any atom is 0.409 e. The summed E-state index contributed by atoms with van der Waals surface area (Å²) in [6.07, 6.45) is -1.22. The lowest BCUT2D eigenvalue weighted by molar-refractivity contribution is 0.130. The van der Waals surface area contributed by atoms with Gasteiger partial charge in [0.05, 0.1) is 16.9 Å². The van der Waals surface area contributed by atoms with Gasteiger partial charge < -0.3 is 15.6 Å². The molecule has 25 heavy (non-hydrogen) atoms. The molecule has 0 saturated carbocycles. The van der Waals surface area contributed by atoms with Crippen LogP contribution < -0.4 is 15.8 Å². The van der Waals surface area contributed by atoms with Crippen LogP contribution in [0.1, 0.15) is 31.9 Å². The summed E-state index contributed by atoms with van der Waals surface area (Å²) in [4.78, 5) is 10.9. The minimum absolute atomic E-state index is 0.221. The van der Waals surface area contributed by atoms with Crippen molar-refractivity contribution in [3.63, 3.8) is 0 Å². The first-order valence-corrected chi connectivity index (χ1v) is 7.54. The van der Waals surface area contributed by atoms with Gasteiger partial charge in [0.2, 0.25) is 0 Å². The van der Waals surface area contributed by atoms with E-state index in [4.69, 9.17) is 15.6 Å². The molecule has 0 fully saturated rings. The van der Waals surface area contributed by atoms with Crippen LogP contribution in [0.3, 0.4) is 0 Å². The van der Waals surface area contributed by atoms with Crippen LogP contribution in [0.2, 0.25) is 0 Å². The van der Waals surface area contributed by atoms with Gasteiger partial charge in [-0.25, -0.2) is 9.18 Å². The summed E-state index contributed by atoms with van der Waals surface area (Å²) < 4.78 is 18.8. The molecule has 130 valence electrons. The number of nitrogen functional groups attached to an aromatic ring is 1. The molecule has 0 aliphatic rings. The van der Waals surface area contributed by atoms with Gasteiger partial charge in [-0.05, 0) is 51.1 Å². The van der Waals surface area contributed by atoms with Gasteiger partial charge in [0.25, 0.3) is 0 Å². The van der Waals surface area contributed by atoms with E-state index < -0.39 is 11.7 Å². The van der Waals surface area contributed by atoms with Gasteiger partial charge >= 0.3 is 6.09 Å². The molecule has 6 heteroatoms. The number of amides is 1. The van der Waals surface area contributed by atoms with Crippen LogP contribution in [0.25, 0.3) is 0 Å². The lowest BCUT2D eigenvalue weighted by Crippen LogP contribution is -2.23. The third-order valence-electron chi connectivity index (χ3n) is 3.00. The van der Waals surface area contributed by atoms with E-state index in [2.05, 4.69) is 17.2 Å². The standard InChI is InChI=1S/C19H19FN2O3/c1-19(2,3)25-17-11-16(22-18(23)24)15(21)10-13(17)7-4-12-5-8-14(20)9-6-12/h5-6,8-11,22H,21H2,1-3H3,(H,23,24). The average molecular weight is 342 g/mol. The van der Waals surface area contributed by atoms with Crippen molar-refractivity contribution in [3.05, 3.63) is 53.3 Å². The molecule has 1 amide bonds. The quantitative estimate of drug-likeness (QED) is 0.567. The number of anilines is 2. The first kappa shape index (κ1) is 18.1. The van der Waals surface area contributed by atoms with Gasteiger partial charge in [0.15, 0.2) is 0 Å². The molecule has 0 aliphatic carbocycles. The fraction of sp³-hybridized carbons (Fsp3) is 0.211. The second kappa shape index (κ2) is 7.14. The Bertz CT molecular complexity index is 844. The molecule has 0 atom stereocenters. The Labute approximate surface area is 145 Å². The number of hydrogen-bond acceptors (Lipinski definition) is 3. The monoisotopic (exact) mass is 342 g/mol. The largest absolute Gasteiger partial charge is 0.487 e. The minimum atomic E-state index is -1.22. The van der Waals surface area contributed by atoms with Crippen LogP contribution in [-0.2, 0) is 0 Å². The van der Waals surface area contributed by atoms with Crippen LogP contribution in [0.4, 0.5) is 20.6 Å². The predicted molar refractivity (Wildman–Crippen MR) is 95.3 cm³/mol. The highest BCUT2D eigenvalue weighted by Crippen LogP contribution is 2.31. The maximum atomic E-state index is 13.0. The molecule has 2 aromatic carbocycles. The Morgan fingerprint density at radius 1 is 1.20 bits per heavy atom. The molecule has 0 unspecified atom stereocenters. The highest BCUT2D eigenvalue weighted by atomic mass is 19.1. The molecule has 4 N–H and O–H groups in total. The molecule has 0 aromatic heterocycles. The summed E-state index contributed by atoms with van der Waals surface area (Å²) in [6.45, 7) is 5.60. The molecule has 0 spiro atoms. The fourth-order valence-corrected chi connectivity index (χ4v) is 2.00. The first-order chi connectivity index (χ1) is 11.6. The van der Waals surface area contributed by atoms with E-state index in [0.29, 0.717) is 16.9 Å². The van der Waals surface area contributed by atoms with Crippen molar-refractivity contribution in [2.75, 3.05) is 11.1 Å². The number of halogens is 1. The van der Waals surface area contributed by atoms with Crippen molar-refractivity contribution in [2.45, 2.75) is 26.4 Å². The predicted octanol–water partition coefficient (Wildman–Crippen LogP) is 4.07. The number of rotatable bonds is 2. The summed E-state index contributed by atoms with van der Waals surface area (Å²) >= 11 is 0. The summed E-state index contributed by atoms with van der Waals surface area (Å²) in [7, 11) is 0. The number of hydrogen-bond donors (Lipinski definition) is 3. The summed E-state index contributed by atoms with van der Waals surface area (Å²) in [5.41, 5.74) is 6.97. The SMILES string of the molecule is CC(C)(C)Oc1cc(NC(=O)O)c(N)cc1C#Cc1ccc(F)cc1. The normalized spacial score (nSPS) is 10.6. The highest BCUT2D eigenvalue weighted by molar-refractivity contribution is 5.88. The second-order valence-electron chi connectivity index (χ2n) is 6.34. The van der Waals surface area contributed by atoms with E-state index in [0.717, 1.165) is 0 Å². The van der Waals surface area contributed by atoms with Crippen LogP contribution in [0, 0.1) is 17.7 Å². The maximum absolute atomic E-state index is 13.0. The van der Waals surface area contributed by atoms with Gasteiger partial charge in [0.1, 0.15) is 17.2 Å². The molecule has 2 aromatic rings. The van der Waals surface area contributed by atoms with Gasteiger partial charge in [-0.1, -0.05) is 11.8 Å². The zero-order chi connectivity index (χ0) is 18.6. The number of nitrogens with two attached hydrogens (primary N) is 1. The smallest absolute Gasteiger partial charge is 0.409 e. The number of carbonyl (C=O) groups is 1. The van der Waals surface area contributed by atoms with Gasteiger partial charge in [-0.15, -0.1) is 0 Å². The summed E-state index contributed by atoms with van der Waals surface area (Å²) in [5, 5.41) is 11.1. The Morgan fingerprint density at radius 2 is 1.84 bits per heavy atom. The molecule has 0 aliphatic heterocycles. The van der Waals surface area contributed by atoms with Crippen molar-refractivity contribution in [3.8, 4) is 17.6 Å². The lowest BCUT2D eigenvalue weighted by atomic mass is 10.1. The lowest BCUT2D eigenvalue weighted by Gasteiger charge is -2.23. The van der Waals surface area contributed by atoms with Crippen molar-refractivity contribution in [1.82, 2.24) is 0 Å². The number of ether oxygens (including phenoxy) is 1. The Kier molecular flexibility index (Phi) is 5.18. The third-order valence-corrected chi connectivity index (χ3v) is 3.00. The topological polar surface area (TPSA) is 84.6 Å². The molecule has 0 bridgehead atoms. The molecule has 0 radical (unpaired) electrons. The van der Waals surface area contributed by atoms with Crippen molar-refractivity contribution in [1.29, 1.82) is 0 Å². The van der Waals surface area contributed by atoms with E-state index in [9.17, 15) is 9.18 Å². The molecule has 0 heterocycles.